The van der Waals surface area contributed by atoms with Gasteiger partial charge in [-0.25, -0.2) is 4.79 Å². The normalized spacial score (nSPS) is 21.8. The van der Waals surface area contributed by atoms with Gasteiger partial charge in [0, 0.05) is 44.0 Å². The third-order valence-corrected chi connectivity index (χ3v) is 6.13. The van der Waals surface area contributed by atoms with Gasteiger partial charge in [-0.05, 0) is 37.1 Å². The third-order valence-electron chi connectivity index (χ3n) is 6.13. The highest BCUT2D eigenvalue weighted by Crippen LogP contribution is 2.35. The van der Waals surface area contributed by atoms with Crippen LogP contribution in [0.2, 0.25) is 0 Å². The summed E-state index contributed by atoms with van der Waals surface area (Å²) in [5.41, 5.74) is 1.40. The van der Waals surface area contributed by atoms with Crippen molar-refractivity contribution >= 4 is 12.0 Å². The number of carbonyl (C=O) groups excluding carboxylic acids is 2. The molecule has 0 aliphatic carbocycles. The number of likely N-dealkylation sites (tertiary alicyclic amines) is 1. The van der Waals surface area contributed by atoms with Crippen molar-refractivity contribution in [1.29, 1.82) is 0 Å². The predicted octanol–water partition coefficient (Wildman–Crippen LogP) is 3.24. The number of amides is 2. The van der Waals surface area contributed by atoms with Crippen molar-refractivity contribution in [3.05, 3.63) is 29.3 Å². The average Bonchev–Trinajstić information content (AvgIpc) is 3.26. The van der Waals surface area contributed by atoms with Crippen LogP contribution in [0.3, 0.4) is 0 Å². The smallest absolute Gasteiger partial charge is 0.410 e. The van der Waals surface area contributed by atoms with Crippen LogP contribution in [0.5, 0.6) is 5.75 Å². The number of rotatable bonds is 4. The van der Waals surface area contributed by atoms with E-state index in [1.807, 2.05) is 28.0 Å². The number of ether oxygens (including phenoxy) is 2. The van der Waals surface area contributed by atoms with Gasteiger partial charge in [-0.3, -0.25) is 4.79 Å². The maximum absolute atomic E-state index is 12.9. The van der Waals surface area contributed by atoms with Crippen LogP contribution < -0.4 is 4.74 Å². The van der Waals surface area contributed by atoms with Crippen LogP contribution in [0.25, 0.3) is 0 Å². The summed E-state index contributed by atoms with van der Waals surface area (Å²) in [7, 11) is 0. The summed E-state index contributed by atoms with van der Waals surface area (Å²) in [5.74, 6) is 0.948. The fraction of sp³-hybridized carbons (Fsp3) is 0.619. The van der Waals surface area contributed by atoms with Crippen LogP contribution in [0.15, 0.2) is 18.2 Å². The molecule has 6 heteroatoms. The average molecular weight is 372 g/mol. The Hall–Kier alpha value is -2.24. The van der Waals surface area contributed by atoms with Crippen molar-refractivity contribution in [3.8, 4) is 5.75 Å². The number of carbonyl (C=O) groups is 2. The first-order valence-corrected chi connectivity index (χ1v) is 10.1. The largest absolute Gasteiger partial charge is 0.493 e. The molecule has 146 valence electrons. The molecular formula is C21H28N2O4. The maximum atomic E-state index is 12.9. The summed E-state index contributed by atoms with van der Waals surface area (Å²) in [4.78, 5) is 29.0. The van der Waals surface area contributed by atoms with E-state index in [1.54, 1.807) is 0 Å². The first-order valence-electron chi connectivity index (χ1n) is 10.1. The van der Waals surface area contributed by atoms with Gasteiger partial charge in [0.25, 0.3) is 5.91 Å². The molecular weight excluding hydrogens is 344 g/mol. The second-order valence-corrected chi connectivity index (χ2v) is 8.03. The van der Waals surface area contributed by atoms with E-state index >= 15 is 0 Å². The summed E-state index contributed by atoms with van der Waals surface area (Å²) >= 11 is 0. The zero-order valence-corrected chi connectivity index (χ0v) is 16.2. The van der Waals surface area contributed by atoms with E-state index in [1.165, 1.54) is 0 Å². The number of fused-ring (bicyclic) bond motifs is 1. The molecule has 0 unspecified atom stereocenters. The summed E-state index contributed by atoms with van der Waals surface area (Å²) < 4.78 is 11.3. The van der Waals surface area contributed by atoms with Gasteiger partial charge >= 0.3 is 6.09 Å². The van der Waals surface area contributed by atoms with Crippen LogP contribution in [-0.2, 0) is 11.2 Å². The Bertz CT molecular complexity index is 740. The number of benzene rings is 1. The van der Waals surface area contributed by atoms with Crippen LogP contribution in [-0.4, -0.2) is 59.7 Å². The SMILES string of the molecule is CCC[C@@H](C)N1CC2(CCN(C(=O)c3ccc4c(c3)CCO4)CC2)OC1=O. The molecule has 0 radical (unpaired) electrons. The fourth-order valence-corrected chi connectivity index (χ4v) is 4.44. The Kier molecular flexibility index (Phi) is 4.74. The van der Waals surface area contributed by atoms with Gasteiger partial charge in [-0.15, -0.1) is 0 Å². The molecule has 4 rings (SSSR count). The van der Waals surface area contributed by atoms with E-state index in [2.05, 4.69) is 13.8 Å². The first-order chi connectivity index (χ1) is 13.0. The van der Waals surface area contributed by atoms with E-state index in [4.69, 9.17) is 9.47 Å². The van der Waals surface area contributed by atoms with Crippen LogP contribution >= 0.6 is 0 Å². The molecule has 2 saturated heterocycles. The molecule has 0 aromatic heterocycles. The Balaban J connectivity index is 1.39. The van der Waals surface area contributed by atoms with Gasteiger partial charge in [-0.1, -0.05) is 13.3 Å². The monoisotopic (exact) mass is 372 g/mol. The van der Waals surface area contributed by atoms with Gasteiger partial charge in [0.1, 0.15) is 11.4 Å². The molecule has 27 heavy (non-hydrogen) atoms. The Labute approximate surface area is 160 Å². The summed E-state index contributed by atoms with van der Waals surface area (Å²) in [6.07, 6.45) is 4.10. The van der Waals surface area contributed by atoms with Gasteiger partial charge in [0.05, 0.1) is 13.2 Å². The third kappa shape index (κ3) is 3.37. The highest BCUT2D eigenvalue weighted by Gasteiger charge is 2.48. The lowest BCUT2D eigenvalue weighted by atomic mass is 9.90. The van der Waals surface area contributed by atoms with Gasteiger partial charge in [-0.2, -0.15) is 0 Å². The van der Waals surface area contributed by atoms with Crippen molar-refractivity contribution in [2.75, 3.05) is 26.2 Å². The molecule has 3 heterocycles. The van der Waals surface area contributed by atoms with E-state index in [0.29, 0.717) is 39.1 Å². The summed E-state index contributed by atoms with van der Waals surface area (Å²) in [5, 5.41) is 0. The Morgan fingerprint density at radius 1 is 1.30 bits per heavy atom. The summed E-state index contributed by atoms with van der Waals surface area (Å²) in [6, 6.07) is 5.90. The van der Waals surface area contributed by atoms with Crippen LogP contribution in [0.1, 0.15) is 55.5 Å². The number of nitrogens with zero attached hydrogens (tertiary/aromatic N) is 2. The summed E-state index contributed by atoms with van der Waals surface area (Å²) in [6.45, 7) is 6.79. The van der Waals surface area contributed by atoms with Crippen LogP contribution in [0, 0.1) is 0 Å². The van der Waals surface area contributed by atoms with E-state index in [9.17, 15) is 9.59 Å². The minimum Gasteiger partial charge on any atom is -0.493 e. The fourth-order valence-electron chi connectivity index (χ4n) is 4.44. The topological polar surface area (TPSA) is 59.1 Å². The minimum absolute atomic E-state index is 0.0556. The molecule has 6 nitrogen and oxygen atoms in total. The number of piperidine rings is 1. The number of hydrogen-bond donors (Lipinski definition) is 0. The lowest BCUT2D eigenvalue weighted by molar-refractivity contribution is 0.00306. The van der Waals surface area contributed by atoms with Gasteiger partial charge in [0.2, 0.25) is 0 Å². The molecule has 1 atom stereocenters. The molecule has 2 amide bonds. The number of hydrogen-bond acceptors (Lipinski definition) is 4. The van der Waals surface area contributed by atoms with E-state index in [0.717, 1.165) is 36.1 Å². The lowest BCUT2D eigenvalue weighted by Gasteiger charge is -2.37. The first kappa shape index (κ1) is 18.1. The molecule has 0 N–H and O–H groups in total. The molecule has 1 spiro atoms. The second kappa shape index (κ2) is 7.06. The highest BCUT2D eigenvalue weighted by molar-refractivity contribution is 5.94. The molecule has 1 aromatic carbocycles. The molecule has 1 aromatic rings. The Morgan fingerprint density at radius 3 is 2.81 bits per heavy atom. The zero-order valence-electron chi connectivity index (χ0n) is 16.2. The lowest BCUT2D eigenvalue weighted by Crippen LogP contribution is -2.49. The van der Waals surface area contributed by atoms with Crippen molar-refractivity contribution in [2.45, 2.75) is 57.6 Å². The predicted molar refractivity (Wildman–Crippen MR) is 101 cm³/mol. The Morgan fingerprint density at radius 2 is 2.07 bits per heavy atom. The van der Waals surface area contributed by atoms with Crippen molar-refractivity contribution < 1.29 is 19.1 Å². The van der Waals surface area contributed by atoms with Crippen molar-refractivity contribution in [3.63, 3.8) is 0 Å². The zero-order chi connectivity index (χ0) is 19.0. The standard InChI is InChI=1S/C21H28N2O4/c1-3-4-15(2)23-14-21(27-20(23)25)8-10-22(11-9-21)19(24)17-5-6-18-16(13-17)7-12-26-18/h5-6,13,15H,3-4,7-12,14H2,1-2H3/t15-/m1/s1. The van der Waals surface area contributed by atoms with Gasteiger partial charge in [0.15, 0.2) is 0 Å². The van der Waals surface area contributed by atoms with Crippen LogP contribution in [0.4, 0.5) is 4.79 Å². The molecule has 3 aliphatic rings. The molecule has 2 fully saturated rings. The van der Waals surface area contributed by atoms with E-state index in [-0.39, 0.29) is 18.0 Å². The molecule has 0 bridgehead atoms. The quantitative estimate of drug-likeness (QED) is 0.814. The van der Waals surface area contributed by atoms with Gasteiger partial charge < -0.3 is 19.3 Å². The minimum atomic E-state index is -0.429. The highest BCUT2D eigenvalue weighted by atomic mass is 16.6. The molecule has 3 aliphatic heterocycles. The second-order valence-electron chi connectivity index (χ2n) is 8.03. The maximum Gasteiger partial charge on any atom is 0.410 e. The van der Waals surface area contributed by atoms with Crippen molar-refractivity contribution in [1.82, 2.24) is 9.80 Å². The van der Waals surface area contributed by atoms with E-state index < -0.39 is 5.60 Å². The van der Waals surface area contributed by atoms with Crippen molar-refractivity contribution in [2.24, 2.45) is 0 Å². The molecule has 0 saturated carbocycles.